The number of hydrogen-bond acceptors (Lipinski definition) is 17. The number of aromatic nitrogens is 8. The van der Waals surface area contributed by atoms with Crippen LogP contribution in [0.5, 0.6) is 0 Å². The maximum atomic E-state index is 15.1. The molecule has 0 radical (unpaired) electrons. The number of pyridine rings is 4. The van der Waals surface area contributed by atoms with Gasteiger partial charge in [0.05, 0.1) is 127 Å². The second-order valence-electron chi connectivity index (χ2n) is 30.9. The normalized spacial score (nSPS) is 16.3. The van der Waals surface area contributed by atoms with Crippen LogP contribution in [0, 0.1) is 48.8 Å². The summed E-state index contributed by atoms with van der Waals surface area (Å²) in [6.45, 7) is 14.0. The number of ether oxygens (including phenoxy) is 5. The smallest absolute Gasteiger partial charge is 0.409 e. The van der Waals surface area contributed by atoms with E-state index in [2.05, 4.69) is 52.8 Å². The lowest BCUT2D eigenvalue weighted by Gasteiger charge is -2.33. The van der Waals surface area contributed by atoms with Crippen molar-refractivity contribution >= 4 is 105 Å². The van der Waals surface area contributed by atoms with Gasteiger partial charge >= 0.3 is 6.09 Å². The summed E-state index contributed by atoms with van der Waals surface area (Å²) in [7, 11) is 7.06. The van der Waals surface area contributed by atoms with Gasteiger partial charge in [-0.2, -0.15) is 0 Å². The number of nitrogens with zero attached hydrogens (tertiary/aromatic N) is 12. The van der Waals surface area contributed by atoms with Gasteiger partial charge in [0.2, 0.25) is 17.7 Å². The molecule has 129 heavy (non-hydrogen) atoms. The minimum absolute atomic E-state index is 0.0234. The summed E-state index contributed by atoms with van der Waals surface area (Å²) < 4.78 is 126. The number of nitrogens with one attached hydrogen (secondary N) is 4. The molecule has 4 aliphatic heterocycles. The molecule has 12 aromatic rings. The zero-order chi connectivity index (χ0) is 92.5. The van der Waals surface area contributed by atoms with Gasteiger partial charge in [-0.3, -0.25) is 33.6 Å². The Balaban J connectivity index is 0.000000147. The summed E-state index contributed by atoms with van der Waals surface area (Å²) in [5.41, 5.74) is 8.06. The average Bonchev–Trinajstić information content (AvgIpc) is 1.65. The lowest BCUT2D eigenvalue weighted by molar-refractivity contribution is -0.138. The Bertz CT molecular complexity index is 6070. The number of imidazole rings is 4. The minimum atomic E-state index is -0.926. The summed E-state index contributed by atoms with van der Waals surface area (Å²) in [5, 5.41) is 11.0. The SMILES string of the molecule is CCC(=O)N1CCO[C@@H](Cc2c(-c3c(F)cc(C(=O)NC)cc3F)nc3cc(Cl)ccn23)C1.CNC(=O)c1cc(F)c(-c2nc3cc(Cl)ccn3c2C[C@H]2CN(C(=O)OC)CCO2)c(F)c1.CNC(=O)c1cc(F)c(-c2nc3cc(Cl)ccn3c2C[C@H]2CN(C(C)=O)CCO2)c(F)c1.CNC(=O)c1ccc(-c2nc3cc(C)ccn3c2C[C@@H]2CN(C(C)=O)CCO2)c(C)c1. The van der Waals surface area contributed by atoms with Crippen molar-refractivity contribution in [2.75, 3.05) is 114 Å². The number of hydrogen-bond donors (Lipinski definition) is 4. The highest BCUT2D eigenvalue weighted by Gasteiger charge is 2.35. The first-order valence-electron chi connectivity index (χ1n) is 41.3. The molecule has 8 amide bonds. The maximum absolute atomic E-state index is 15.1. The summed E-state index contributed by atoms with van der Waals surface area (Å²) in [6, 6.07) is 25.4. The van der Waals surface area contributed by atoms with Crippen LogP contribution < -0.4 is 21.3 Å². The molecule has 38 heteroatoms. The summed E-state index contributed by atoms with van der Waals surface area (Å²) in [5.74, 6) is -7.37. The summed E-state index contributed by atoms with van der Waals surface area (Å²) in [6.07, 6.45) is 7.02. The molecule has 4 fully saturated rings. The molecule has 29 nitrogen and oxygen atoms in total. The molecule has 4 N–H and O–H groups in total. The fraction of sp³-hybridized carbons (Fsp3) is 0.341. The van der Waals surface area contributed by atoms with Crippen molar-refractivity contribution in [1.82, 2.24) is 78.4 Å². The fourth-order valence-corrected chi connectivity index (χ4v) is 16.5. The van der Waals surface area contributed by atoms with E-state index in [1.165, 1.54) is 40.1 Å². The first-order chi connectivity index (χ1) is 61.8. The standard InChI is InChI=1S/C24H28N4O3.C23H23ClF2N4O3.C22H21ClF2N4O4.C22H21ClF2N4O3/c1-15-7-8-28-21(13-19-14-27(17(3)29)9-10-31-19)23(26-22(28)11-15)20-6-5-18(12-16(20)2)24(30)25-4;1-3-20(31)29-6-7-33-15(12-29)11-18-22(28-19-10-14(24)4-5-30(18)19)21-16(25)8-13(9-17(21)26)23(32)27-2;1-26-21(30)12-7-15(24)19(16(25)8-12)20-17(29-4-3-13(23)9-18(29)27-20)10-14-11-28(5-6-33-14)22(31)32-2;1-12(30)28-5-6-32-15(11-28)10-18-21(27-19-9-14(23)3-4-29(18)19)20-16(24)7-13(8-17(20)25)22(31)26-2/h5-8,11-12,19H,9-10,13-14H2,1-4H3,(H,25,30);4-5,8-10,15H,3,6-7,11-12H2,1-2H3,(H,27,32);3-4,7-9,14H,5-6,10-11H2,1-2H3,(H,26,30);3-4,7-9,15H,5-6,10-11H2,1-2H3,(H,26,31)/t19-;15-;14-;15-/m1000/s1. The molecule has 4 aromatic carbocycles. The Hall–Kier alpha value is -12.5. The van der Waals surface area contributed by atoms with Crippen LogP contribution in [0.2, 0.25) is 15.1 Å². The zero-order valence-electron chi connectivity index (χ0n) is 72.0. The molecule has 16 rings (SSSR count). The van der Waals surface area contributed by atoms with Crippen LogP contribution in [0.3, 0.4) is 0 Å². The van der Waals surface area contributed by atoms with Gasteiger partial charge in [0.1, 0.15) is 57.5 Å². The maximum Gasteiger partial charge on any atom is 0.409 e. The highest BCUT2D eigenvalue weighted by Crippen LogP contribution is 2.38. The molecular formula is C91H93Cl3F6N16O13. The first-order valence-corrected chi connectivity index (χ1v) is 42.5. The molecule has 12 heterocycles. The zero-order valence-corrected chi connectivity index (χ0v) is 74.3. The molecule has 0 unspecified atom stereocenters. The molecule has 8 aromatic heterocycles. The van der Waals surface area contributed by atoms with Crippen molar-refractivity contribution in [1.29, 1.82) is 0 Å². The van der Waals surface area contributed by atoms with Gasteiger partial charge in [-0.1, -0.05) is 47.8 Å². The molecule has 0 spiro atoms. The van der Waals surface area contributed by atoms with Crippen molar-refractivity contribution < 1.29 is 88.4 Å². The van der Waals surface area contributed by atoms with Crippen molar-refractivity contribution in [2.45, 2.75) is 91.1 Å². The monoisotopic (exact) mass is 1840 g/mol. The van der Waals surface area contributed by atoms with E-state index in [0.717, 1.165) is 70.1 Å². The predicted octanol–water partition coefficient (Wildman–Crippen LogP) is 12.6. The van der Waals surface area contributed by atoms with E-state index in [-0.39, 0.29) is 118 Å². The third kappa shape index (κ3) is 21.3. The molecule has 0 aliphatic carbocycles. The van der Waals surface area contributed by atoms with Crippen LogP contribution >= 0.6 is 34.8 Å². The first kappa shape index (κ1) is 94.1. The highest BCUT2D eigenvalue weighted by molar-refractivity contribution is 6.31. The van der Waals surface area contributed by atoms with Crippen LogP contribution in [0.15, 0.2) is 128 Å². The Morgan fingerprint density at radius 3 is 1.04 bits per heavy atom. The van der Waals surface area contributed by atoms with E-state index < -0.39 is 64.8 Å². The number of amides is 8. The van der Waals surface area contributed by atoms with Gasteiger partial charge in [-0.25, -0.2) is 51.1 Å². The van der Waals surface area contributed by atoms with Gasteiger partial charge in [-0.05, 0) is 104 Å². The van der Waals surface area contributed by atoms with Crippen molar-refractivity contribution in [3.63, 3.8) is 0 Å². The minimum Gasteiger partial charge on any atom is -0.453 e. The van der Waals surface area contributed by atoms with Gasteiger partial charge in [0.25, 0.3) is 23.6 Å². The average molecular weight is 1840 g/mol. The predicted molar refractivity (Wildman–Crippen MR) is 469 cm³/mol. The van der Waals surface area contributed by atoms with E-state index in [1.807, 2.05) is 43.1 Å². The summed E-state index contributed by atoms with van der Waals surface area (Å²) >= 11 is 18.3. The topological polar surface area (TPSA) is 313 Å². The molecule has 0 saturated carbocycles. The van der Waals surface area contributed by atoms with E-state index in [9.17, 15) is 38.4 Å². The number of halogens is 9. The Kier molecular flexibility index (Phi) is 30.1. The van der Waals surface area contributed by atoms with Crippen LogP contribution in [0.4, 0.5) is 31.1 Å². The van der Waals surface area contributed by atoms with Gasteiger partial charge in [-0.15, -0.1) is 0 Å². The molecule has 4 atom stereocenters. The van der Waals surface area contributed by atoms with Crippen molar-refractivity contribution in [3.05, 3.63) is 234 Å². The fourth-order valence-electron chi connectivity index (χ4n) is 16.0. The Morgan fingerprint density at radius 1 is 0.403 bits per heavy atom. The number of morpholine rings is 4. The quantitative estimate of drug-likeness (QED) is 0.0616. The number of methoxy groups -OCH3 is 1. The molecule has 4 saturated heterocycles. The third-order valence-electron chi connectivity index (χ3n) is 22.4. The van der Waals surface area contributed by atoms with E-state index >= 15 is 26.3 Å². The second kappa shape index (κ2) is 41.3. The lowest BCUT2D eigenvalue weighted by Crippen LogP contribution is -2.46. The van der Waals surface area contributed by atoms with Crippen LogP contribution in [0.1, 0.15) is 103 Å². The molecular weight excluding hydrogens is 1750 g/mol. The number of fused-ring (bicyclic) bond motifs is 4. The van der Waals surface area contributed by atoms with Crippen LogP contribution in [-0.2, 0) is 63.8 Å². The summed E-state index contributed by atoms with van der Waals surface area (Å²) in [4.78, 5) is 120. The molecule has 0 bridgehead atoms. The van der Waals surface area contributed by atoms with Crippen LogP contribution in [-0.4, -0.2) is 243 Å². The Labute approximate surface area is 751 Å². The van der Waals surface area contributed by atoms with Crippen molar-refractivity contribution in [2.24, 2.45) is 0 Å². The number of carbonyl (C=O) groups excluding carboxylic acids is 8. The number of aryl methyl sites for hydroxylation is 2. The van der Waals surface area contributed by atoms with E-state index in [1.54, 1.807) is 98.9 Å². The number of rotatable bonds is 17. The van der Waals surface area contributed by atoms with Gasteiger partial charge in [0.15, 0.2) is 0 Å². The lowest BCUT2D eigenvalue weighted by atomic mass is 9.99. The van der Waals surface area contributed by atoms with E-state index in [0.29, 0.717) is 140 Å². The highest BCUT2D eigenvalue weighted by atomic mass is 35.5. The second-order valence-corrected chi connectivity index (χ2v) is 32.2. The Morgan fingerprint density at radius 2 is 0.705 bits per heavy atom. The third-order valence-corrected chi connectivity index (χ3v) is 23.1. The molecule has 678 valence electrons. The van der Waals surface area contributed by atoms with Gasteiger partial charge < -0.3 is 82.2 Å². The number of carbonyl (C=O) groups is 8. The largest absolute Gasteiger partial charge is 0.453 e. The van der Waals surface area contributed by atoms with E-state index in [4.69, 9.17) is 63.5 Å². The van der Waals surface area contributed by atoms with Crippen molar-refractivity contribution in [3.8, 4) is 45.0 Å². The number of benzene rings is 4. The molecule has 4 aliphatic rings. The van der Waals surface area contributed by atoms with Crippen LogP contribution in [0.25, 0.3) is 67.6 Å². The van der Waals surface area contributed by atoms with Gasteiger partial charge in [0, 0.05) is 206 Å².